The van der Waals surface area contributed by atoms with Crippen LogP contribution in [0.2, 0.25) is 0 Å². The number of halogens is 1. The number of amides is 1. The summed E-state index contributed by atoms with van der Waals surface area (Å²) >= 11 is 0. The largest absolute Gasteiger partial charge is 0.493 e. The van der Waals surface area contributed by atoms with Gasteiger partial charge in [0.05, 0.1) is 50.3 Å². The first kappa shape index (κ1) is 38.3. The summed E-state index contributed by atoms with van der Waals surface area (Å²) in [6.07, 6.45) is 4.97. The fraction of sp³-hybridized carbons (Fsp3) is 0.333. The SMILES string of the molecule is COc1cc(Cc2cnc(/N=C3\C(=O)N(CN4CCN(c5ccc6c(c5F)c(=O)c(C(=O)O)cn6C5CC5)CC4C)c4ccc(C)cc43)nc2N)cc(OC)c1OC. The van der Waals surface area contributed by atoms with Crippen LogP contribution in [0.5, 0.6) is 17.2 Å². The van der Waals surface area contributed by atoms with Gasteiger partial charge >= 0.3 is 5.97 Å². The van der Waals surface area contributed by atoms with Crippen molar-refractivity contribution >= 4 is 51.6 Å². The van der Waals surface area contributed by atoms with E-state index in [1.54, 1.807) is 42.0 Å². The molecule has 1 aliphatic carbocycles. The molecule has 8 rings (SSSR count). The fourth-order valence-corrected chi connectivity index (χ4v) is 7.88. The zero-order valence-corrected chi connectivity index (χ0v) is 32.8. The fourth-order valence-electron chi connectivity index (χ4n) is 7.88. The number of piperazine rings is 1. The monoisotopic (exact) mass is 790 g/mol. The number of hydrogen-bond donors (Lipinski definition) is 2. The van der Waals surface area contributed by atoms with Crippen LogP contribution in [0, 0.1) is 12.7 Å². The van der Waals surface area contributed by atoms with E-state index in [9.17, 15) is 19.5 Å². The molecule has 1 saturated carbocycles. The second kappa shape index (κ2) is 15.1. The number of rotatable bonds is 11. The Hall–Kier alpha value is -6.55. The highest BCUT2D eigenvalue weighted by atomic mass is 19.1. The zero-order chi connectivity index (χ0) is 41.0. The molecule has 2 aliphatic heterocycles. The van der Waals surface area contributed by atoms with E-state index >= 15 is 4.39 Å². The first-order valence-corrected chi connectivity index (χ1v) is 18.9. The number of fused-ring (bicyclic) bond motifs is 2. The molecular weight excluding hydrogens is 748 g/mol. The summed E-state index contributed by atoms with van der Waals surface area (Å²) in [7, 11) is 4.63. The minimum absolute atomic E-state index is 0.0424. The number of anilines is 3. The summed E-state index contributed by atoms with van der Waals surface area (Å²) < 4.78 is 34.4. The Bertz CT molecular complexity index is 2560. The molecule has 3 N–H and O–H groups in total. The molecule has 4 heterocycles. The normalized spacial score (nSPS) is 17.6. The summed E-state index contributed by atoms with van der Waals surface area (Å²) in [5.41, 5.74) is 9.73. The van der Waals surface area contributed by atoms with Gasteiger partial charge in [-0.25, -0.2) is 19.2 Å². The van der Waals surface area contributed by atoms with Crippen LogP contribution in [0.3, 0.4) is 0 Å². The molecule has 1 unspecified atom stereocenters. The highest BCUT2D eigenvalue weighted by molar-refractivity contribution is 6.54. The first-order chi connectivity index (χ1) is 27.9. The van der Waals surface area contributed by atoms with E-state index in [2.05, 4.69) is 19.9 Å². The summed E-state index contributed by atoms with van der Waals surface area (Å²) in [6.45, 7) is 5.46. The van der Waals surface area contributed by atoms with Crippen molar-refractivity contribution in [2.75, 3.05) is 63.2 Å². The number of aromatic nitrogens is 3. The molecular formula is C42H43FN8O7. The van der Waals surface area contributed by atoms with Gasteiger partial charge in [-0.1, -0.05) is 11.6 Å². The minimum Gasteiger partial charge on any atom is -0.493 e. The smallest absolute Gasteiger partial charge is 0.341 e. The number of carboxylic acids is 1. The number of pyridine rings is 1. The molecule has 15 nitrogen and oxygen atoms in total. The van der Waals surface area contributed by atoms with Crippen molar-refractivity contribution in [2.24, 2.45) is 4.99 Å². The number of nitrogens with zero attached hydrogens (tertiary/aromatic N) is 7. The van der Waals surface area contributed by atoms with Crippen molar-refractivity contribution < 1.29 is 33.3 Å². The Kier molecular flexibility index (Phi) is 9.97. The summed E-state index contributed by atoms with van der Waals surface area (Å²) in [5.74, 6) is -0.686. The molecule has 16 heteroatoms. The zero-order valence-electron chi connectivity index (χ0n) is 32.8. The van der Waals surface area contributed by atoms with Gasteiger partial charge in [0.15, 0.2) is 17.3 Å². The predicted molar refractivity (Wildman–Crippen MR) is 217 cm³/mol. The molecule has 300 valence electrons. The molecule has 3 aromatic carbocycles. The maximum atomic E-state index is 16.3. The topological polar surface area (TPSA) is 178 Å². The molecule has 1 saturated heterocycles. The summed E-state index contributed by atoms with van der Waals surface area (Å²) in [5, 5.41) is 9.52. The lowest BCUT2D eigenvalue weighted by molar-refractivity contribution is -0.112. The van der Waals surface area contributed by atoms with Crippen molar-refractivity contribution in [3.05, 3.63) is 98.7 Å². The summed E-state index contributed by atoms with van der Waals surface area (Å²) in [4.78, 5) is 58.6. The van der Waals surface area contributed by atoms with E-state index in [0.29, 0.717) is 65.6 Å². The second-order valence-electron chi connectivity index (χ2n) is 14.9. The Labute approximate surface area is 333 Å². The number of aryl methyl sites for hydroxylation is 1. The standard InChI is InChI=1S/C42H43FN8O7/c1-22-6-9-29-27(14-22)36(46-42-45-18-25(39(44)47-42)15-24-16-32(56-3)38(58-5)33(17-24)57-4)40(53)51(29)21-49-13-12-48(19-23(49)2)31-11-10-30-34(35(31)43)37(52)28(41(54)55)20-50(30)26-7-8-26/h6,9-11,14,16-18,20,23,26H,7-8,12-13,15,19,21H2,1-5H3,(H,54,55)(H2,44,45,47)/b46-36-. The molecule has 2 fully saturated rings. The van der Waals surface area contributed by atoms with Gasteiger partial charge in [-0.05, 0) is 68.7 Å². The number of nitrogen functional groups attached to an aromatic ring is 1. The van der Waals surface area contributed by atoms with Gasteiger partial charge in [-0.2, -0.15) is 4.98 Å². The number of aromatic carboxylic acids is 1. The van der Waals surface area contributed by atoms with Crippen LogP contribution in [-0.2, 0) is 11.2 Å². The molecule has 3 aliphatic rings. The third-order valence-corrected chi connectivity index (χ3v) is 11.1. The van der Waals surface area contributed by atoms with Gasteiger partial charge in [0, 0.05) is 61.7 Å². The molecule has 58 heavy (non-hydrogen) atoms. The van der Waals surface area contributed by atoms with E-state index in [1.807, 2.05) is 49.1 Å². The van der Waals surface area contributed by atoms with Crippen molar-refractivity contribution in [3.8, 4) is 17.2 Å². The molecule has 1 amide bonds. The van der Waals surface area contributed by atoms with E-state index in [4.69, 9.17) is 19.9 Å². The maximum Gasteiger partial charge on any atom is 0.341 e. The number of carboxylic acid groups (broad SMARTS) is 1. The van der Waals surface area contributed by atoms with Gasteiger partial charge < -0.3 is 34.5 Å². The van der Waals surface area contributed by atoms with E-state index in [-0.39, 0.29) is 53.2 Å². The maximum absolute atomic E-state index is 16.3. The highest BCUT2D eigenvalue weighted by Gasteiger charge is 2.38. The highest BCUT2D eigenvalue weighted by Crippen LogP contribution is 2.40. The lowest BCUT2D eigenvalue weighted by atomic mass is 10.1. The average molecular weight is 791 g/mol. The number of nitrogens with two attached hydrogens (primary N) is 1. The van der Waals surface area contributed by atoms with Gasteiger partial charge in [0.1, 0.15) is 17.1 Å². The predicted octanol–water partition coefficient (Wildman–Crippen LogP) is 5.11. The third kappa shape index (κ3) is 6.82. The van der Waals surface area contributed by atoms with E-state index in [1.165, 1.54) is 13.3 Å². The number of hydrogen-bond acceptors (Lipinski definition) is 12. The first-order valence-electron chi connectivity index (χ1n) is 18.9. The van der Waals surface area contributed by atoms with Crippen molar-refractivity contribution in [1.82, 2.24) is 19.4 Å². The number of ether oxygens (including phenoxy) is 3. The van der Waals surface area contributed by atoms with Crippen LogP contribution >= 0.6 is 0 Å². The Morgan fingerprint density at radius 3 is 2.38 bits per heavy atom. The van der Waals surface area contributed by atoms with Gasteiger partial charge in [-0.15, -0.1) is 0 Å². The average Bonchev–Trinajstić information content (AvgIpc) is 4.02. The Morgan fingerprint density at radius 1 is 1.02 bits per heavy atom. The molecule has 5 aromatic rings. The number of aliphatic imine (C=N–C) groups is 1. The van der Waals surface area contributed by atoms with E-state index < -0.39 is 22.8 Å². The van der Waals surface area contributed by atoms with Crippen LogP contribution in [-0.4, -0.2) is 95.8 Å². The Balaban J connectivity index is 1.02. The molecule has 0 spiro atoms. The molecule has 1 atom stereocenters. The van der Waals surface area contributed by atoms with Gasteiger partial charge in [0.2, 0.25) is 11.2 Å². The number of carbonyl (C=O) groups excluding carboxylic acids is 1. The number of methoxy groups -OCH3 is 3. The van der Waals surface area contributed by atoms with Crippen LogP contribution in [0.1, 0.15) is 58.4 Å². The van der Waals surface area contributed by atoms with Crippen LogP contribution in [0.25, 0.3) is 10.9 Å². The summed E-state index contributed by atoms with van der Waals surface area (Å²) in [6, 6.07) is 12.7. The minimum atomic E-state index is -1.38. The van der Waals surface area contributed by atoms with Gasteiger partial charge in [-0.3, -0.25) is 19.4 Å². The quantitative estimate of drug-likeness (QED) is 0.181. The lowest BCUT2D eigenvalue weighted by Gasteiger charge is -2.42. The van der Waals surface area contributed by atoms with Crippen LogP contribution in [0.15, 0.2) is 64.6 Å². The van der Waals surface area contributed by atoms with Crippen LogP contribution in [0.4, 0.5) is 27.5 Å². The van der Waals surface area contributed by atoms with Crippen LogP contribution < -0.4 is 35.2 Å². The molecule has 0 bridgehead atoms. The van der Waals surface area contributed by atoms with Crippen molar-refractivity contribution in [1.29, 1.82) is 0 Å². The Morgan fingerprint density at radius 2 is 1.74 bits per heavy atom. The second-order valence-corrected chi connectivity index (χ2v) is 14.9. The molecule has 2 aromatic heterocycles. The lowest BCUT2D eigenvalue weighted by Crippen LogP contribution is -2.55. The number of carbonyl (C=O) groups is 2. The molecule has 0 radical (unpaired) electrons. The number of benzene rings is 3. The van der Waals surface area contributed by atoms with Gasteiger partial charge in [0.25, 0.3) is 11.9 Å². The van der Waals surface area contributed by atoms with Crippen molar-refractivity contribution in [2.45, 2.75) is 45.2 Å². The van der Waals surface area contributed by atoms with Crippen molar-refractivity contribution in [3.63, 3.8) is 0 Å². The van der Waals surface area contributed by atoms with E-state index in [0.717, 1.165) is 24.0 Å². The third-order valence-electron chi connectivity index (χ3n) is 11.1.